The summed E-state index contributed by atoms with van der Waals surface area (Å²) in [5.41, 5.74) is 3.54. The molecular formula is C23H19Cl2N3O2S. The SMILES string of the molecule is Cc1cc(S(=O)(=O)Nc2ccc(CCc3ccc4ccccc4n3)cn2)cc(Cl)c1Cl. The molecule has 2 aromatic heterocycles. The van der Waals surface area contributed by atoms with Crippen molar-refractivity contribution in [2.45, 2.75) is 24.7 Å². The van der Waals surface area contributed by atoms with Crippen molar-refractivity contribution >= 4 is 49.9 Å². The van der Waals surface area contributed by atoms with Crippen LogP contribution in [-0.4, -0.2) is 18.4 Å². The number of sulfonamides is 1. The molecule has 2 heterocycles. The highest BCUT2D eigenvalue weighted by Crippen LogP contribution is 2.29. The maximum absolute atomic E-state index is 12.7. The van der Waals surface area contributed by atoms with Gasteiger partial charge in [-0.2, -0.15) is 0 Å². The van der Waals surface area contributed by atoms with Crippen LogP contribution in [0.1, 0.15) is 16.8 Å². The van der Waals surface area contributed by atoms with Crippen molar-refractivity contribution in [3.8, 4) is 0 Å². The summed E-state index contributed by atoms with van der Waals surface area (Å²) in [5.74, 6) is 0.233. The Morgan fingerprint density at radius 3 is 2.52 bits per heavy atom. The van der Waals surface area contributed by atoms with Gasteiger partial charge in [-0.3, -0.25) is 9.71 Å². The van der Waals surface area contributed by atoms with Crippen LogP contribution in [0, 0.1) is 6.92 Å². The fraction of sp³-hybridized carbons (Fsp3) is 0.130. The summed E-state index contributed by atoms with van der Waals surface area (Å²) < 4.78 is 27.8. The molecule has 0 fully saturated rings. The topological polar surface area (TPSA) is 72.0 Å². The predicted octanol–water partition coefficient (Wildman–Crippen LogP) is 5.83. The van der Waals surface area contributed by atoms with Gasteiger partial charge in [-0.15, -0.1) is 0 Å². The third-order valence-electron chi connectivity index (χ3n) is 4.88. The molecule has 4 aromatic rings. The van der Waals surface area contributed by atoms with Crippen LogP contribution in [0.2, 0.25) is 10.0 Å². The van der Waals surface area contributed by atoms with Gasteiger partial charge in [-0.05, 0) is 61.2 Å². The van der Waals surface area contributed by atoms with Crippen LogP contribution >= 0.6 is 23.2 Å². The zero-order chi connectivity index (χ0) is 22.0. The Morgan fingerprint density at radius 2 is 1.77 bits per heavy atom. The summed E-state index contributed by atoms with van der Waals surface area (Å²) in [6, 6.07) is 18.4. The lowest BCUT2D eigenvalue weighted by Gasteiger charge is -2.10. The Morgan fingerprint density at radius 1 is 0.968 bits per heavy atom. The van der Waals surface area contributed by atoms with E-state index in [2.05, 4.69) is 20.8 Å². The average Bonchev–Trinajstić information content (AvgIpc) is 2.76. The van der Waals surface area contributed by atoms with Crippen LogP contribution in [-0.2, 0) is 22.9 Å². The van der Waals surface area contributed by atoms with Gasteiger partial charge >= 0.3 is 0 Å². The number of nitrogens with zero attached hydrogens (tertiary/aromatic N) is 2. The Labute approximate surface area is 191 Å². The van der Waals surface area contributed by atoms with Crippen LogP contribution in [0.5, 0.6) is 0 Å². The van der Waals surface area contributed by atoms with Crippen LogP contribution < -0.4 is 4.72 Å². The fourth-order valence-corrected chi connectivity index (χ4v) is 4.76. The molecule has 0 amide bonds. The minimum absolute atomic E-state index is 0.0349. The molecule has 158 valence electrons. The molecule has 0 atom stereocenters. The highest BCUT2D eigenvalue weighted by Gasteiger charge is 2.18. The molecule has 0 saturated carbocycles. The van der Waals surface area contributed by atoms with Gasteiger partial charge in [0, 0.05) is 17.3 Å². The lowest BCUT2D eigenvalue weighted by Crippen LogP contribution is -2.14. The number of fused-ring (bicyclic) bond motifs is 1. The summed E-state index contributed by atoms with van der Waals surface area (Å²) in [7, 11) is -3.83. The molecule has 0 aliphatic carbocycles. The molecule has 0 aliphatic rings. The largest absolute Gasteiger partial charge is 0.263 e. The summed E-state index contributed by atoms with van der Waals surface area (Å²) in [5, 5.41) is 1.64. The molecule has 0 aliphatic heterocycles. The van der Waals surface area contributed by atoms with Crippen LogP contribution in [0.15, 0.2) is 71.8 Å². The molecule has 0 spiro atoms. The highest BCUT2D eigenvalue weighted by atomic mass is 35.5. The zero-order valence-electron chi connectivity index (χ0n) is 16.6. The van der Waals surface area contributed by atoms with Crippen molar-refractivity contribution in [3.05, 3.63) is 93.7 Å². The quantitative estimate of drug-likeness (QED) is 0.383. The second-order valence-corrected chi connectivity index (χ2v) is 9.66. The average molecular weight is 472 g/mol. The molecule has 5 nitrogen and oxygen atoms in total. The van der Waals surface area contributed by atoms with E-state index >= 15 is 0 Å². The van der Waals surface area contributed by atoms with Crippen molar-refractivity contribution in [1.82, 2.24) is 9.97 Å². The van der Waals surface area contributed by atoms with Crippen LogP contribution in [0.25, 0.3) is 10.9 Å². The minimum atomic E-state index is -3.83. The number of pyridine rings is 2. The number of aromatic nitrogens is 2. The first-order valence-electron chi connectivity index (χ1n) is 9.60. The zero-order valence-corrected chi connectivity index (χ0v) is 19.0. The van der Waals surface area contributed by atoms with Crippen molar-refractivity contribution in [3.63, 3.8) is 0 Å². The molecule has 0 saturated heterocycles. The first-order chi connectivity index (χ1) is 14.8. The smallest absolute Gasteiger partial charge is 0.263 e. The van der Waals surface area contributed by atoms with Gasteiger partial charge in [0.1, 0.15) is 5.82 Å². The van der Waals surface area contributed by atoms with Crippen LogP contribution in [0.4, 0.5) is 5.82 Å². The molecule has 0 unspecified atom stereocenters. The molecule has 8 heteroatoms. The van der Waals surface area contributed by atoms with Crippen molar-refractivity contribution in [1.29, 1.82) is 0 Å². The number of rotatable bonds is 6. The van der Waals surface area contributed by atoms with Gasteiger partial charge in [-0.1, -0.05) is 53.5 Å². The number of hydrogen-bond donors (Lipinski definition) is 1. The second kappa shape index (κ2) is 8.83. The lowest BCUT2D eigenvalue weighted by atomic mass is 10.1. The molecule has 31 heavy (non-hydrogen) atoms. The number of para-hydroxylation sites is 1. The fourth-order valence-electron chi connectivity index (χ4n) is 3.20. The Kier molecular flexibility index (Phi) is 6.14. The number of nitrogens with one attached hydrogen (secondary N) is 1. The predicted molar refractivity (Wildman–Crippen MR) is 125 cm³/mol. The Bertz CT molecular complexity index is 1330. The summed E-state index contributed by atoms with van der Waals surface area (Å²) in [6.07, 6.45) is 3.18. The van der Waals surface area contributed by atoms with E-state index < -0.39 is 10.0 Å². The monoisotopic (exact) mass is 471 g/mol. The number of hydrogen-bond acceptors (Lipinski definition) is 4. The maximum Gasteiger partial charge on any atom is 0.263 e. The van der Waals surface area contributed by atoms with E-state index in [4.69, 9.17) is 23.2 Å². The van der Waals surface area contributed by atoms with E-state index in [1.54, 1.807) is 19.2 Å². The van der Waals surface area contributed by atoms with Crippen molar-refractivity contribution in [2.24, 2.45) is 0 Å². The number of aryl methyl sites for hydroxylation is 3. The molecule has 0 bridgehead atoms. The van der Waals surface area contributed by atoms with Gasteiger partial charge in [0.15, 0.2) is 0 Å². The van der Waals surface area contributed by atoms with Gasteiger partial charge in [-0.25, -0.2) is 13.4 Å². The Hall–Kier alpha value is -2.67. The van der Waals surface area contributed by atoms with Crippen molar-refractivity contribution in [2.75, 3.05) is 4.72 Å². The second-order valence-electron chi connectivity index (χ2n) is 7.19. The first kappa shape index (κ1) is 21.6. The third kappa shape index (κ3) is 4.98. The Balaban J connectivity index is 1.44. The lowest BCUT2D eigenvalue weighted by molar-refractivity contribution is 0.601. The number of benzene rings is 2. The minimum Gasteiger partial charge on any atom is -0.263 e. The van der Waals surface area contributed by atoms with E-state index in [9.17, 15) is 8.42 Å². The van der Waals surface area contributed by atoms with Crippen molar-refractivity contribution < 1.29 is 8.42 Å². The summed E-state index contributed by atoms with van der Waals surface area (Å²) >= 11 is 12.0. The summed E-state index contributed by atoms with van der Waals surface area (Å²) in [6.45, 7) is 1.70. The van der Waals surface area contributed by atoms with E-state index in [1.165, 1.54) is 12.1 Å². The molecular weight excluding hydrogens is 453 g/mol. The molecule has 1 N–H and O–H groups in total. The molecule has 0 radical (unpaired) electrons. The highest BCUT2D eigenvalue weighted by molar-refractivity contribution is 7.92. The number of anilines is 1. The first-order valence-corrected chi connectivity index (χ1v) is 11.8. The third-order valence-corrected chi connectivity index (χ3v) is 7.11. The molecule has 2 aromatic carbocycles. The normalized spacial score (nSPS) is 11.6. The summed E-state index contributed by atoms with van der Waals surface area (Å²) in [4.78, 5) is 8.96. The standard InChI is InChI=1S/C23H19Cl2N3O2S/c1-15-12-19(13-20(24)23(15)25)31(29,30)28-22-11-7-16(14-26-22)6-9-18-10-8-17-4-2-3-5-21(17)27-18/h2-5,7-8,10-14H,6,9H2,1H3,(H,26,28). The van der Waals surface area contributed by atoms with E-state index in [0.29, 0.717) is 10.6 Å². The molecule has 4 rings (SSSR count). The van der Waals surface area contributed by atoms with Gasteiger partial charge < -0.3 is 0 Å². The van der Waals surface area contributed by atoms with E-state index in [-0.39, 0.29) is 15.7 Å². The number of halogens is 2. The van der Waals surface area contributed by atoms with Gasteiger partial charge in [0.25, 0.3) is 10.0 Å². The van der Waals surface area contributed by atoms with E-state index in [0.717, 1.165) is 35.0 Å². The maximum atomic E-state index is 12.7. The van der Waals surface area contributed by atoms with Gasteiger partial charge in [0.05, 0.1) is 20.5 Å². The van der Waals surface area contributed by atoms with Gasteiger partial charge in [0.2, 0.25) is 0 Å². The van der Waals surface area contributed by atoms with Crippen LogP contribution in [0.3, 0.4) is 0 Å². The van der Waals surface area contributed by atoms with E-state index in [1.807, 2.05) is 36.4 Å².